The van der Waals surface area contributed by atoms with Gasteiger partial charge in [0.25, 0.3) is 0 Å². The molecule has 1 aromatic carbocycles. The molecule has 0 radical (unpaired) electrons. The number of para-hydroxylation sites is 1. The van der Waals surface area contributed by atoms with Gasteiger partial charge in [0.2, 0.25) is 0 Å². The van der Waals surface area contributed by atoms with Gasteiger partial charge in [-0.15, -0.1) is 0 Å². The molecule has 0 aliphatic carbocycles. The van der Waals surface area contributed by atoms with Crippen LogP contribution in [-0.4, -0.2) is 16.8 Å². The zero-order chi connectivity index (χ0) is 13.4. The van der Waals surface area contributed by atoms with Gasteiger partial charge in [-0.25, -0.2) is 0 Å². The van der Waals surface area contributed by atoms with Crippen LogP contribution in [0.25, 0.3) is 0 Å². The van der Waals surface area contributed by atoms with E-state index in [2.05, 4.69) is 18.8 Å². The van der Waals surface area contributed by atoms with Crippen molar-refractivity contribution in [2.75, 3.05) is 0 Å². The molecule has 0 saturated heterocycles. The Hall–Kier alpha value is -1.64. The second-order valence-corrected chi connectivity index (χ2v) is 4.50. The quantitative estimate of drug-likeness (QED) is 0.739. The molecule has 18 heavy (non-hydrogen) atoms. The molecule has 98 valence electrons. The summed E-state index contributed by atoms with van der Waals surface area (Å²) in [6, 6.07) is 9.83. The maximum Gasteiger partial charge on any atom is 0.303 e. The SMILES string of the molecule is CCC(C)C(CCCC(=O)O)=Nc1ccccc1. The average molecular weight is 247 g/mol. The van der Waals surface area contributed by atoms with Gasteiger partial charge in [0.05, 0.1) is 5.69 Å². The van der Waals surface area contributed by atoms with E-state index in [4.69, 9.17) is 5.11 Å². The zero-order valence-electron chi connectivity index (χ0n) is 11.1. The standard InChI is InChI=1S/C15H21NO2/c1-3-12(2)14(10-7-11-15(17)18)16-13-8-5-4-6-9-13/h4-6,8-9,12H,3,7,10-11H2,1-2H3,(H,17,18). The fraction of sp³-hybridized carbons (Fsp3) is 0.467. The summed E-state index contributed by atoms with van der Waals surface area (Å²) in [5, 5.41) is 8.67. The highest BCUT2D eigenvalue weighted by Crippen LogP contribution is 2.17. The number of rotatable bonds is 7. The lowest BCUT2D eigenvalue weighted by molar-refractivity contribution is -0.137. The molecule has 0 aliphatic rings. The van der Waals surface area contributed by atoms with Crippen molar-refractivity contribution in [1.82, 2.24) is 0 Å². The normalized spacial score (nSPS) is 13.3. The van der Waals surface area contributed by atoms with Gasteiger partial charge in [0.1, 0.15) is 0 Å². The number of hydrogen-bond acceptors (Lipinski definition) is 2. The highest BCUT2D eigenvalue weighted by atomic mass is 16.4. The van der Waals surface area contributed by atoms with E-state index in [1.807, 2.05) is 30.3 Å². The largest absolute Gasteiger partial charge is 0.481 e. The first-order valence-corrected chi connectivity index (χ1v) is 6.47. The molecule has 1 atom stereocenters. The molecule has 0 amide bonds. The van der Waals surface area contributed by atoms with Gasteiger partial charge >= 0.3 is 5.97 Å². The van der Waals surface area contributed by atoms with Crippen LogP contribution in [0.3, 0.4) is 0 Å². The van der Waals surface area contributed by atoms with E-state index in [1.54, 1.807) is 0 Å². The van der Waals surface area contributed by atoms with Crippen LogP contribution in [-0.2, 0) is 4.79 Å². The molecule has 0 bridgehead atoms. The van der Waals surface area contributed by atoms with Gasteiger partial charge in [-0.2, -0.15) is 0 Å². The predicted molar refractivity (Wildman–Crippen MR) is 74.5 cm³/mol. The van der Waals surface area contributed by atoms with Crippen LogP contribution in [0.15, 0.2) is 35.3 Å². The third kappa shape index (κ3) is 5.13. The number of carbonyl (C=O) groups is 1. The van der Waals surface area contributed by atoms with Gasteiger partial charge in [0.15, 0.2) is 0 Å². The van der Waals surface area contributed by atoms with E-state index in [-0.39, 0.29) is 6.42 Å². The van der Waals surface area contributed by atoms with Crippen LogP contribution < -0.4 is 0 Å². The van der Waals surface area contributed by atoms with E-state index in [1.165, 1.54) is 0 Å². The number of nitrogens with zero attached hydrogens (tertiary/aromatic N) is 1. The molecule has 1 aromatic rings. The monoisotopic (exact) mass is 247 g/mol. The van der Waals surface area contributed by atoms with E-state index >= 15 is 0 Å². The summed E-state index contributed by atoms with van der Waals surface area (Å²) in [5.41, 5.74) is 2.05. The highest BCUT2D eigenvalue weighted by Gasteiger charge is 2.09. The van der Waals surface area contributed by atoms with Gasteiger partial charge in [0, 0.05) is 12.1 Å². The van der Waals surface area contributed by atoms with Crippen molar-refractivity contribution in [3.8, 4) is 0 Å². The first-order valence-electron chi connectivity index (χ1n) is 6.47. The molecule has 3 nitrogen and oxygen atoms in total. The number of carboxylic acid groups (broad SMARTS) is 1. The Morgan fingerprint density at radius 1 is 1.28 bits per heavy atom. The van der Waals surface area contributed by atoms with Crippen molar-refractivity contribution in [2.45, 2.75) is 39.5 Å². The molecule has 0 saturated carbocycles. The lowest BCUT2D eigenvalue weighted by Gasteiger charge is -2.12. The van der Waals surface area contributed by atoms with E-state index in [9.17, 15) is 4.79 Å². The van der Waals surface area contributed by atoms with Crippen molar-refractivity contribution in [1.29, 1.82) is 0 Å². The minimum Gasteiger partial charge on any atom is -0.481 e. The van der Waals surface area contributed by atoms with Crippen LogP contribution in [0.1, 0.15) is 39.5 Å². The van der Waals surface area contributed by atoms with E-state index in [0.717, 1.165) is 24.2 Å². The maximum atomic E-state index is 10.5. The molecule has 0 aromatic heterocycles. The first kappa shape index (κ1) is 14.4. The Bertz CT molecular complexity index is 398. The fourth-order valence-electron chi connectivity index (χ4n) is 1.74. The summed E-state index contributed by atoms with van der Waals surface area (Å²) in [6.07, 6.45) is 2.66. The Kier molecular flexibility index (Phi) is 6.12. The van der Waals surface area contributed by atoms with E-state index < -0.39 is 5.97 Å². The fourth-order valence-corrected chi connectivity index (χ4v) is 1.74. The number of carboxylic acids is 1. The van der Waals surface area contributed by atoms with Crippen LogP contribution in [0, 0.1) is 5.92 Å². The molecule has 1 rings (SSSR count). The van der Waals surface area contributed by atoms with Gasteiger partial charge in [-0.3, -0.25) is 9.79 Å². The number of benzene rings is 1. The summed E-state index contributed by atoms with van der Waals surface area (Å²) >= 11 is 0. The van der Waals surface area contributed by atoms with Crippen molar-refractivity contribution in [2.24, 2.45) is 10.9 Å². The molecule has 1 unspecified atom stereocenters. The van der Waals surface area contributed by atoms with Crippen LogP contribution in [0.4, 0.5) is 5.69 Å². The topological polar surface area (TPSA) is 49.7 Å². The highest BCUT2D eigenvalue weighted by molar-refractivity contribution is 5.89. The number of aliphatic imine (C=N–C) groups is 1. The second kappa shape index (κ2) is 7.64. The average Bonchev–Trinajstić information content (AvgIpc) is 2.37. The van der Waals surface area contributed by atoms with Crippen molar-refractivity contribution in [3.63, 3.8) is 0 Å². The predicted octanol–water partition coefficient (Wildman–Crippen LogP) is 4.06. The van der Waals surface area contributed by atoms with Crippen LogP contribution in [0.5, 0.6) is 0 Å². The molecule has 0 spiro atoms. The second-order valence-electron chi connectivity index (χ2n) is 4.50. The van der Waals surface area contributed by atoms with Gasteiger partial charge in [-0.1, -0.05) is 32.0 Å². The van der Waals surface area contributed by atoms with E-state index in [0.29, 0.717) is 12.3 Å². The van der Waals surface area contributed by atoms with Crippen LogP contribution in [0.2, 0.25) is 0 Å². The third-order valence-electron chi connectivity index (χ3n) is 3.03. The number of aliphatic carboxylic acids is 1. The van der Waals surface area contributed by atoms with Gasteiger partial charge < -0.3 is 5.11 Å². The summed E-state index contributed by atoms with van der Waals surface area (Å²) in [5.74, 6) is -0.336. The Morgan fingerprint density at radius 3 is 2.50 bits per heavy atom. The van der Waals surface area contributed by atoms with Gasteiger partial charge in [-0.05, 0) is 37.3 Å². The van der Waals surface area contributed by atoms with Crippen molar-refractivity contribution < 1.29 is 9.90 Å². The molecule has 0 fully saturated rings. The number of hydrogen-bond donors (Lipinski definition) is 1. The minimum absolute atomic E-state index is 0.213. The summed E-state index contributed by atoms with van der Waals surface area (Å²) in [7, 11) is 0. The Balaban J connectivity index is 2.72. The summed E-state index contributed by atoms with van der Waals surface area (Å²) in [4.78, 5) is 15.2. The summed E-state index contributed by atoms with van der Waals surface area (Å²) in [6.45, 7) is 4.27. The van der Waals surface area contributed by atoms with Crippen LogP contribution >= 0.6 is 0 Å². The smallest absolute Gasteiger partial charge is 0.303 e. The lowest BCUT2D eigenvalue weighted by Crippen LogP contribution is -2.10. The first-order chi connectivity index (χ1) is 8.63. The summed E-state index contributed by atoms with van der Waals surface area (Å²) < 4.78 is 0. The molecule has 0 heterocycles. The lowest BCUT2D eigenvalue weighted by atomic mass is 9.98. The minimum atomic E-state index is -0.738. The molecule has 3 heteroatoms. The molecular weight excluding hydrogens is 226 g/mol. The third-order valence-corrected chi connectivity index (χ3v) is 3.03. The van der Waals surface area contributed by atoms with Crippen molar-refractivity contribution in [3.05, 3.63) is 30.3 Å². The van der Waals surface area contributed by atoms with Crippen molar-refractivity contribution >= 4 is 17.4 Å². The molecular formula is C15H21NO2. The molecule has 0 aliphatic heterocycles. The molecule has 1 N–H and O–H groups in total. The Morgan fingerprint density at radius 2 is 1.94 bits per heavy atom. The zero-order valence-corrected chi connectivity index (χ0v) is 11.1. The Labute approximate surface area is 109 Å². The maximum absolute atomic E-state index is 10.5.